The van der Waals surface area contributed by atoms with Gasteiger partial charge in [0.05, 0.1) is 0 Å². The van der Waals surface area contributed by atoms with E-state index in [9.17, 15) is 9.59 Å². The van der Waals surface area contributed by atoms with E-state index in [-0.39, 0.29) is 11.5 Å². The van der Waals surface area contributed by atoms with Crippen LogP contribution in [0.2, 0.25) is 0 Å². The Balaban J connectivity index is 1.53. The van der Waals surface area contributed by atoms with E-state index in [1.807, 2.05) is 48.2 Å². The topological polar surface area (TPSA) is 42.3 Å². The summed E-state index contributed by atoms with van der Waals surface area (Å²) >= 11 is 0. The first-order chi connectivity index (χ1) is 15.1. The van der Waals surface area contributed by atoms with Gasteiger partial charge in [-0.15, -0.1) is 0 Å². The molecule has 0 atom stereocenters. The number of pyridine rings is 1. The molecule has 4 rings (SSSR count). The number of aromatic nitrogens is 1. The molecule has 0 radical (unpaired) electrons. The van der Waals surface area contributed by atoms with Gasteiger partial charge in [0.25, 0.3) is 11.5 Å². The maximum atomic E-state index is 13.5. The molecule has 1 amide bonds. The Morgan fingerprint density at radius 3 is 2.29 bits per heavy atom. The van der Waals surface area contributed by atoms with Crippen molar-refractivity contribution in [2.75, 3.05) is 13.1 Å². The third kappa shape index (κ3) is 5.21. The van der Waals surface area contributed by atoms with Gasteiger partial charge >= 0.3 is 0 Å². The van der Waals surface area contributed by atoms with Crippen molar-refractivity contribution in [3.63, 3.8) is 0 Å². The first-order valence-electron chi connectivity index (χ1n) is 10.9. The maximum Gasteiger partial charge on any atom is 0.270 e. The fraction of sp³-hybridized carbons (Fsp3) is 0.259. The molecule has 4 heteroatoms. The van der Waals surface area contributed by atoms with Crippen LogP contribution in [-0.2, 0) is 11.2 Å². The number of hydrogen-bond acceptors (Lipinski definition) is 2. The second-order valence-corrected chi connectivity index (χ2v) is 8.27. The lowest BCUT2D eigenvalue weighted by Crippen LogP contribution is -2.41. The number of rotatable bonds is 5. The van der Waals surface area contributed by atoms with Crippen LogP contribution >= 0.6 is 0 Å². The van der Waals surface area contributed by atoms with Crippen LogP contribution < -0.4 is 5.56 Å². The lowest BCUT2D eigenvalue weighted by Gasteiger charge is -2.33. The second-order valence-electron chi connectivity index (χ2n) is 8.27. The van der Waals surface area contributed by atoms with E-state index in [4.69, 9.17) is 0 Å². The summed E-state index contributed by atoms with van der Waals surface area (Å²) < 4.78 is 1.46. The normalized spacial score (nSPS) is 15.1. The Morgan fingerprint density at radius 2 is 1.61 bits per heavy atom. The first-order valence-corrected chi connectivity index (χ1v) is 10.9. The van der Waals surface area contributed by atoms with Crippen LogP contribution in [0.5, 0.6) is 0 Å². The molecule has 2 heterocycles. The van der Waals surface area contributed by atoms with Gasteiger partial charge in [-0.2, -0.15) is 0 Å². The zero-order chi connectivity index (χ0) is 21.6. The molecule has 1 saturated heterocycles. The van der Waals surface area contributed by atoms with E-state index in [1.54, 1.807) is 18.3 Å². The smallest absolute Gasteiger partial charge is 0.270 e. The molecule has 0 unspecified atom stereocenters. The molecule has 158 valence electrons. The van der Waals surface area contributed by atoms with Gasteiger partial charge in [0.2, 0.25) is 0 Å². The molecule has 0 N–H and O–H groups in total. The highest BCUT2D eigenvalue weighted by molar-refractivity contribution is 6.18. The fourth-order valence-electron chi connectivity index (χ4n) is 4.13. The number of amides is 1. The molecule has 0 bridgehead atoms. The van der Waals surface area contributed by atoms with Gasteiger partial charge in [-0.25, -0.2) is 0 Å². The van der Waals surface area contributed by atoms with Crippen molar-refractivity contribution in [3.05, 3.63) is 106 Å². The van der Waals surface area contributed by atoms with E-state index >= 15 is 0 Å². The molecule has 31 heavy (non-hydrogen) atoms. The minimum Gasteiger partial charge on any atom is -0.337 e. The quantitative estimate of drug-likeness (QED) is 0.573. The van der Waals surface area contributed by atoms with Gasteiger partial charge < -0.3 is 4.90 Å². The molecule has 3 aromatic rings. The molecule has 1 aromatic heterocycles. The predicted octanol–water partition coefficient (Wildman–Crippen LogP) is 4.64. The SMILES string of the molecule is Cc1ccc(C=C(C(=O)N2CCC(Cc3ccccc3)CC2)n2ccccc2=O)cc1. The lowest BCUT2D eigenvalue weighted by atomic mass is 9.90. The molecule has 2 aromatic carbocycles. The number of likely N-dealkylation sites (tertiary alicyclic amines) is 1. The summed E-state index contributed by atoms with van der Waals surface area (Å²) in [5, 5.41) is 0. The molecule has 0 aliphatic carbocycles. The highest BCUT2D eigenvalue weighted by atomic mass is 16.2. The summed E-state index contributed by atoms with van der Waals surface area (Å²) in [7, 11) is 0. The van der Waals surface area contributed by atoms with Crippen molar-refractivity contribution in [3.8, 4) is 0 Å². The Bertz CT molecular complexity index is 1110. The molecular formula is C27H28N2O2. The van der Waals surface area contributed by atoms with Crippen LogP contribution in [0.15, 0.2) is 83.8 Å². The largest absolute Gasteiger partial charge is 0.337 e. The average Bonchev–Trinajstić information content (AvgIpc) is 2.80. The summed E-state index contributed by atoms with van der Waals surface area (Å²) in [6, 6.07) is 23.5. The van der Waals surface area contributed by atoms with Crippen molar-refractivity contribution in [2.24, 2.45) is 5.92 Å². The van der Waals surface area contributed by atoms with E-state index in [2.05, 4.69) is 24.3 Å². The Morgan fingerprint density at radius 1 is 0.935 bits per heavy atom. The Labute approximate surface area is 183 Å². The maximum absolute atomic E-state index is 13.5. The van der Waals surface area contributed by atoms with Gasteiger partial charge in [-0.3, -0.25) is 14.2 Å². The number of hydrogen-bond donors (Lipinski definition) is 0. The zero-order valence-corrected chi connectivity index (χ0v) is 17.9. The third-order valence-electron chi connectivity index (χ3n) is 5.95. The molecule has 0 spiro atoms. The zero-order valence-electron chi connectivity index (χ0n) is 17.9. The molecular weight excluding hydrogens is 384 g/mol. The van der Waals surface area contributed by atoms with Gasteiger partial charge in [0.15, 0.2) is 0 Å². The van der Waals surface area contributed by atoms with E-state index in [1.165, 1.54) is 16.2 Å². The number of benzene rings is 2. The summed E-state index contributed by atoms with van der Waals surface area (Å²) in [5.41, 5.74) is 3.61. The summed E-state index contributed by atoms with van der Waals surface area (Å²) in [6.07, 6.45) is 6.49. The molecule has 0 saturated carbocycles. The van der Waals surface area contributed by atoms with Crippen LogP contribution in [0.4, 0.5) is 0 Å². The minimum atomic E-state index is -0.201. The monoisotopic (exact) mass is 412 g/mol. The predicted molar refractivity (Wildman–Crippen MR) is 125 cm³/mol. The summed E-state index contributed by atoms with van der Waals surface area (Å²) in [4.78, 5) is 27.9. The van der Waals surface area contributed by atoms with Crippen molar-refractivity contribution in [2.45, 2.75) is 26.2 Å². The molecule has 4 nitrogen and oxygen atoms in total. The Kier molecular flexibility index (Phi) is 6.46. The van der Waals surface area contributed by atoms with Crippen LogP contribution in [-0.4, -0.2) is 28.5 Å². The van der Waals surface area contributed by atoms with Crippen molar-refractivity contribution >= 4 is 17.7 Å². The van der Waals surface area contributed by atoms with E-state index < -0.39 is 0 Å². The first kappa shape index (κ1) is 20.9. The summed E-state index contributed by atoms with van der Waals surface area (Å²) in [5.74, 6) is 0.488. The molecule has 1 aliphatic rings. The number of nitrogens with zero attached hydrogens (tertiary/aromatic N) is 2. The molecule has 1 fully saturated rings. The highest BCUT2D eigenvalue weighted by Gasteiger charge is 2.26. The van der Waals surface area contributed by atoms with Crippen LogP contribution in [0.25, 0.3) is 11.8 Å². The van der Waals surface area contributed by atoms with Crippen molar-refractivity contribution in [1.29, 1.82) is 0 Å². The van der Waals surface area contributed by atoms with Crippen molar-refractivity contribution < 1.29 is 4.79 Å². The second kappa shape index (κ2) is 9.61. The number of piperidine rings is 1. The van der Waals surface area contributed by atoms with Crippen LogP contribution in [0.1, 0.15) is 29.5 Å². The van der Waals surface area contributed by atoms with Gasteiger partial charge in [0.1, 0.15) is 5.70 Å². The summed E-state index contributed by atoms with van der Waals surface area (Å²) in [6.45, 7) is 3.45. The Hall–Kier alpha value is -3.40. The van der Waals surface area contributed by atoms with Crippen LogP contribution in [0.3, 0.4) is 0 Å². The lowest BCUT2D eigenvalue weighted by molar-refractivity contribution is -0.126. The number of carbonyl (C=O) groups is 1. The molecule has 1 aliphatic heterocycles. The standard InChI is InChI=1S/C27H28N2O2/c1-21-10-12-23(13-11-21)20-25(29-16-6-5-9-26(29)30)27(31)28-17-14-24(15-18-28)19-22-7-3-2-4-8-22/h2-13,16,20,24H,14-15,17-19H2,1H3. The highest BCUT2D eigenvalue weighted by Crippen LogP contribution is 2.24. The minimum absolute atomic E-state index is 0.0907. The number of carbonyl (C=O) groups excluding carboxylic acids is 1. The number of aryl methyl sites for hydroxylation is 1. The van der Waals surface area contributed by atoms with Gasteiger partial charge in [0, 0.05) is 25.4 Å². The average molecular weight is 413 g/mol. The third-order valence-corrected chi connectivity index (χ3v) is 5.95. The van der Waals surface area contributed by atoms with E-state index in [0.717, 1.165) is 30.4 Å². The van der Waals surface area contributed by atoms with Crippen molar-refractivity contribution in [1.82, 2.24) is 9.47 Å². The van der Waals surface area contributed by atoms with Gasteiger partial charge in [-0.05, 0) is 55.4 Å². The van der Waals surface area contributed by atoms with E-state index in [0.29, 0.717) is 24.7 Å². The fourth-order valence-corrected chi connectivity index (χ4v) is 4.13. The van der Waals surface area contributed by atoms with Crippen LogP contribution in [0, 0.1) is 12.8 Å². The van der Waals surface area contributed by atoms with Gasteiger partial charge in [-0.1, -0.05) is 66.2 Å².